The smallest absolute Gasteiger partial charge is 0.213 e. The van der Waals surface area contributed by atoms with Crippen LogP contribution in [0.5, 0.6) is 0 Å². The van der Waals surface area contributed by atoms with Crippen LogP contribution in [0.1, 0.15) is 22.7 Å². The molecular weight excluding hydrogens is 381 g/mol. The summed E-state index contributed by atoms with van der Waals surface area (Å²) in [6, 6.07) is 9.85. The molecule has 140 valence electrons. The molecule has 2 aromatic carbocycles. The third-order valence-electron chi connectivity index (χ3n) is 3.29. The summed E-state index contributed by atoms with van der Waals surface area (Å²) in [7, 11) is -3.64. The lowest BCUT2D eigenvalue weighted by Gasteiger charge is -2.12. The van der Waals surface area contributed by atoms with Gasteiger partial charge in [-0.25, -0.2) is 8.42 Å². The van der Waals surface area contributed by atoms with Gasteiger partial charge in [-0.2, -0.15) is 17.9 Å². The third kappa shape index (κ3) is 6.04. The lowest BCUT2D eigenvalue weighted by Crippen LogP contribution is -2.26. The first-order valence-corrected chi connectivity index (χ1v) is 9.29. The van der Waals surface area contributed by atoms with Crippen LogP contribution in [0.15, 0.2) is 53.6 Å². The lowest BCUT2D eigenvalue weighted by molar-refractivity contribution is -0.137. The number of halogens is 3. The Morgan fingerprint density at radius 2 is 1.85 bits per heavy atom. The van der Waals surface area contributed by atoms with Crippen LogP contribution >= 0.6 is 0 Å². The zero-order chi connectivity index (χ0) is 20.1. The number of alkyl halides is 3. The second-order valence-electron chi connectivity index (χ2n) is 5.42. The van der Waals surface area contributed by atoms with Crippen LogP contribution in [-0.2, 0) is 16.2 Å². The highest BCUT2D eigenvalue weighted by Crippen LogP contribution is 2.32. The molecule has 1 unspecified atom stereocenters. The van der Waals surface area contributed by atoms with E-state index >= 15 is 0 Å². The van der Waals surface area contributed by atoms with Crippen molar-refractivity contribution in [1.82, 2.24) is 4.72 Å². The molecule has 0 heterocycles. The highest BCUT2D eigenvalue weighted by atomic mass is 32.2. The molecule has 0 aromatic heterocycles. The molecule has 0 aliphatic rings. The van der Waals surface area contributed by atoms with Crippen molar-refractivity contribution in [2.75, 3.05) is 6.26 Å². The van der Waals surface area contributed by atoms with E-state index in [9.17, 15) is 21.6 Å². The zero-order valence-electron chi connectivity index (χ0n) is 13.9. The number of nitrogens with zero attached hydrogens (tertiary/aromatic N) is 3. The molecule has 0 aliphatic heterocycles. The molecule has 2 aromatic rings. The minimum Gasteiger partial charge on any atom is -0.213 e. The number of rotatable bonds is 4. The van der Waals surface area contributed by atoms with Gasteiger partial charge in [0.1, 0.15) is 6.04 Å². The molecule has 27 heavy (non-hydrogen) atoms. The molecule has 0 bridgehead atoms. The Morgan fingerprint density at radius 1 is 1.19 bits per heavy atom. The molecule has 0 spiro atoms. The maximum Gasteiger partial charge on any atom is 0.416 e. The number of benzene rings is 2. The van der Waals surface area contributed by atoms with Gasteiger partial charge in [-0.15, -0.1) is 0 Å². The maximum absolute atomic E-state index is 12.9. The van der Waals surface area contributed by atoms with E-state index in [-0.39, 0.29) is 11.3 Å². The first-order valence-electron chi connectivity index (χ1n) is 7.40. The summed E-state index contributed by atoms with van der Waals surface area (Å²) in [4.78, 5) is 2.57. The van der Waals surface area contributed by atoms with Gasteiger partial charge in [-0.3, -0.25) is 0 Å². The van der Waals surface area contributed by atoms with Crippen molar-refractivity contribution < 1.29 is 21.6 Å². The normalized spacial score (nSPS) is 12.4. The molecule has 1 atom stereocenters. The van der Waals surface area contributed by atoms with Crippen molar-refractivity contribution in [3.8, 4) is 11.8 Å². The Morgan fingerprint density at radius 3 is 2.41 bits per heavy atom. The van der Waals surface area contributed by atoms with E-state index in [1.165, 1.54) is 0 Å². The summed E-state index contributed by atoms with van der Waals surface area (Å²) >= 11 is 0. The summed E-state index contributed by atoms with van der Waals surface area (Å²) in [5.74, 6) is 5.09. The van der Waals surface area contributed by atoms with Gasteiger partial charge in [-0.05, 0) is 23.2 Å². The van der Waals surface area contributed by atoms with Gasteiger partial charge in [0.25, 0.3) is 0 Å². The fourth-order valence-corrected chi connectivity index (χ4v) is 2.76. The predicted molar refractivity (Wildman–Crippen MR) is 94.3 cm³/mol. The van der Waals surface area contributed by atoms with Gasteiger partial charge < -0.3 is 0 Å². The molecule has 10 heteroatoms. The molecule has 1 N–H and O–H groups in total. The quantitative estimate of drug-likeness (QED) is 0.362. The molecule has 0 radical (unpaired) electrons. The number of nitrogens with one attached hydrogen (secondary N) is 1. The van der Waals surface area contributed by atoms with Gasteiger partial charge in [0.15, 0.2) is 0 Å². The number of sulfonamides is 1. The fourth-order valence-electron chi connectivity index (χ4n) is 2.14. The monoisotopic (exact) mass is 394 g/mol. The maximum atomic E-state index is 12.9. The molecule has 0 amide bonds. The third-order valence-corrected chi connectivity index (χ3v) is 3.96. The predicted octanol–water partition coefficient (Wildman–Crippen LogP) is 4.29. The van der Waals surface area contributed by atoms with E-state index in [2.05, 4.69) is 26.6 Å². The van der Waals surface area contributed by atoms with Crippen LogP contribution in [0, 0.1) is 11.8 Å². The summed E-state index contributed by atoms with van der Waals surface area (Å²) in [5.41, 5.74) is 7.86. The first kappa shape index (κ1) is 20.3. The SMILES string of the molecule is CS(=O)(=O)NC(C#Cc1cc(C(F)(F)F)ccc1N=[N+]=[N-])c1ccccc1. The molecule has 0 aliphatic carbocycles. The first-order chi connectivity index (χ1) is 12.6. The number of hydrogen-bond donors (Lipinski definition) is 1. The second kappa shape index (κ2) is 8.14. The highest BCUT2D eigenvalue weighted by Gasteiger charge is 2.30. The average Bonchev–Trinajstić information content (AvgIpc) is 2.58. The molecule has 0 fully saturated rings. The van der Waals surface area contributed by atoms with E-state index in [1.807, 2.05) is 0 Å². The van der Waals surface area contributed by atoms with Gasteiger partial charge in [-0.1, -0.05) is 53.4 Å². The summed E-state index contributed by atoms with van der Waals surface area (Å²) in [5, 5.41) is 3.33. The molecule has 0 saturated heterocycles. The van der Waals surface area contributed by atoms with Crippen LogP contribution in [0.4, 0.5) is 18.9 Å². The highest BCUT2D eigenvalue weighted by molar-refractivity contribution is 7.88. The van der Waals surface area contributed by atoms with Gasteiger partial charge in [0.05, 0.1) is 17.5 Å². The zero-order valence-corrected chi connectivity index (χ0v) is 14.7. The topological polar surface area (TPSA) is 94.9 Å². The van der Waals surface area contributed by atoms with Crippen LogP contribution < -0.4 is 4.72 Å². The van der Waals surface area contributed by atoms with Crippen LogP contribution in [0.3, 0.4) is 0 Å². The Balaban J connectivity index is 2.55. The van der Waals surface area contributed by atoms with Gasteiger partial charge in [0.2, 0.25) is 10.0 Å². The number of azide groups is 1. The molecule has 0 saturated carbocycles. The molecule has 6 nitrogen and oxygen atoms in total. The number of hydrogen-bond acceptors (Lipinski definition) is 3. The van der Waals surface area contributed by atoms with Crippen LogP contribution in [0.2, 0.25) is 0 Å². The van der Waals surface area contributed by atoms with Crippen molar-refractivity contribution in [3.63, 3.8) is 0 Å². The van der Waals surface area contributed by atoms with Crippen molar-refractivity contribution in [1.29, 1.82) is 0 Å². The van der Waals surface area contributed by atoms with E-state index < -0.39 is 27.8 Å². The second-order valence-corrected chi connectivity index (χ2v) is 7.20. The Kier molecular flexibility index (Phi) is 6.13. The van der Waals surface area contributed by atoms with E-state index in [0.717, 1.165) is 24.5 Å². The van der Waals surface area contributed by atoms with Crippen molar-refractivity contribution in [2.24, 2.45) is 5.11 Å². The molecular formula is C17H13F3N4O2S. The summed E-state index contributed by atoms with van der Waals surface area (Å²) in [6.07, 6.45) is -3.66. The Labute approximate surface area is 153 Å². The van der Waals surface area contributed by atoms with Crippen molar-refractivity contribution >= 4 is 15.7 Å². The standard InChI is InChI=1S/C17H13F3N4O2S/c1-27(25,26)23-16(12-5-3-2-4-6-12)9-7-13-11-14(17(18,19)20)8-10-15(13)22-24-21/h2-6,8,10-11,16,23H,1H3. The van der Waals surface area contributed by atoms with Gasteiger partial charge in [0, 0.05) is 10.5 Å². The lowest BCUT2D eigenvalue weighted by atomic mass is 10.1. The average molecular weight is 394 g/mol. The Bertz CT molecular complexity index is 1040. The largest absolute Gasteiger partial charge is 0.416 e. The summed E-state index contributed by atoms with van der Waals surface area (Å²) in [6.45, 7) is 0. The van der Waals surface area contributed by atoms with Crippen molar-refractivity contribution in [3.05, 3.63) is 75.7 Å². The fraction of sp³-hybridized carbons (Fsp3) is 0.176. The minimum atomic E-state index is -4.60. The molecule has 2 rings (SSSR count). The Hall–Kier alpha value is -2.99. The van der Waals surface area contributed by atoms with Crippen molar-refractivity contribution in [2.45, 2.75) is 12.2 Å². The van der Waals surface area contributed by atoms with Crippen LogP contribution in [0.25, 0.3) is 10.4 Å². The minimum absolute atomic E-state index is 0.0934. The van der Waals surface area contributed by atoms with E-state index in [4.69, 9.17) is 5.53 Å². The summed E-state index contributed by atoms with van der Waals surface area (Å²) < 4.78 is 64.3. The van der Waals surface area contributed by atoms with Gasteiger partial charge >= 0.3 is 6.18 Å². The van der Waals surface area contributed by atoms with E-state index in [1.54, 1.807) is 30.3 Å². The van der Waals surface area contributed by atoms with E-state index in [0.29, 0.717) is 5.56 Å². The van der Waals surface area contributed by atoms with Crippen LogP contribution in [-0.4, -0.2) is 14.7 Å².